The van der Waals surface area contributed by atoms with Crippen molar-refractivity contribution in [2.24, 2.45) is 0 Å². The molecule has 1 aliphatic rings. The molecule has 170 valence electrons. The maximum Gasteiger partial charge on any atom is 0.254 e. The molecule has 4 rings (SSSR count). The molecular weight excluding hydrogens is 414 g/mol. The number of nitrogens with one attached hydrogen (secondary N) is 2. The molecule has 0 aliphatic heterocycles. The third-order valence-electron chi connectivity index (χ3n) is 5.94. The summed E-state index contributed by atoms with van der Waals surface area (Å²) in [4.78, 5) is 29.4. The van der Waals surface area contributed by atoms with E-state index in [1.807, 2.05) is 12.1 Å². The SMILES string of the molecule is CC(=O)/C(=C\c1ccc(O)cc1)C(=O)NCCCNc1c2c(nc3ccccc13)CCCC2. The Hall–Kier alpha value is -3.67. The maximum absolute atomic E-state index is 12.6. The molecule has 1 amide bonds. The van der Waals surface area contributed by atoms with Gasteiger partial charge in [-0.1, -0.05) is 30.3 Å². The summed E-state index contributed by atoms with van der Waals surface area (Å²) in [5.41, 5.74) is 5.48. The van der Waals surface area contributed by atoms with Gasteiger partial charge in [0.1, 0.15) is 5.75 Å². The molecule has 0 bridgehead atoms. The van der Waals surface area contributed by atoms with E-state index < -0.39 is 0 Å². The van der Waals surface area contributed by atoms with Crippen LogP contribution in [-0.2, 0) is 22.4 Å². The number of anilines is 1. The average molecular weight is 444 g/mol. The highest BCUT2D eigenvalue weighted by Gasteiger charge is 2.18. The van der Waals surface area contributed by atoms with Crippen molar-refractivity contribution in [3.05, 3.63) is 70.9 Å². The highest BCUT2D eigenvalue weighted by Crippen LogP contribution is 2.33. The average Bonchev–Trinajstić information content (AvgIpc) is 2.82. The van der Waals surface area contributed by atoms with Gasteiger partial charge in [-0.05, 0) is 74.4 Å². The summed E-state index contributed by atoms with van der Waals surface area (Å²) < 4.78 is 0. The lowest BCUT2D eigenvalue weighted by molar-refractivity contribution is -0.121. The normalized spacial score (nSPS) is 13.4. The molecule has 0 unspecified atom stereocenters. The number of phenols is 1. The van der Waals surface area contributed by atoms with Crippen LogP contribution >= 0.6 is 0 Å². The van der Waals surface area contributed by atoms with E-state index in [1.54, 1.807) is 18.2 Å². The van der Waals surface area contributed by atoms with Crippen molar-refractivity contribution in [3.8, 4) is 5.75 Å². The number of aromatic nitrogens is 1. The summed E-state index contributed by atoms with van der Waals surface area (Å²) in [7, 11) is 0. The first kappa shape index (κ1) is 22.5. The predicted molar refractivity (Wildman–Crippen MR) is 131 cm³/mol. The third-order valence-corrected chi connectivity index (χ3v) is 5.94. The lowest BCUT2D eigenvalue weighted by atomic mass is 9.92. The van der Waals surface area contributed by atoms with Gasteiger partial charge in [-0.3, -0.25) is 14.6 Å². The molecule has 3 N–H and O–H groups in total. The van der Waals surface area contributed by atoms with Gasteiger partial charge < -0.3 is 15.7 Å². The summed E-state index contributed by atoms with van der Waals surface area (Å²) in [6.45, 7) is 2.54. The minimum absolute atomic E-state index is 0.0999. The highest BCUT2D eigenvalue weighted by molar-refractivity contribution is 6.21. The fourth-order valence-corrected chi connectivity index (χ4v) is 4.24. The van der Waals surface area contributed by atoms with Crippen molar-refractivity contribution in [1.82, 2.24) is 10.3 Å². The van der Waals surface area contributed by atoms with E-state index in [4.69, 9.17) is 4.98 Å². The molecule has 1 aliphatic carbocycles. The molecule has 6 nitrogen and oxygen atoms in total. The van der Waals surface area contributed by atoms with Crippen LogP contribution in [0.1, 0.15) is 43.0 Å². The second-order valence-corrected chi connectivity index (χ2v) is 8.38. The van der Waals surface area contributed by atoms with Crippen LogP contribution in [0.25, 0.3) is 17.0 Å². The van der Waals surface area contributed by atoms with Crippen LogP contribution in [0, 0.1) is 0 Å². The zero-order valence-electron chi connectivity index (χ0n) is 18.9. The molecule has 0 saturated carbocycles. The number of para-hydroxylation sites is 1. The molecule has 33 heavy (non-hydrogen) atoms. The Morgan fingerprint density at radius 2 is 1.79 bits per heavy atom. The van der Waals surface area contributed by atoms with E-state index >= 15 is 0 Å². The molecule has 0 atom stereocenters. The standard InChI is InChI=1S/C27H29N3O3/c1-18(31)23(17-19-11-13-20(32)14-12-19)27(33)29-16-6-15-28-26-21-7-2-4-9-24(21)30-25-10-5-3-8-22(25)26/h2,4,7,9,11-14,17,32H,3,5-6,8,10,15-16H2,1H3,(H,28,30)(H,29,33)/b23-17+. The largest absolute Gasteiger partial charge is 0.508 e. The number of ketones is 1. The maximum atomic E-state index is 12.6. The van der Waals surface area contributed by atoms with Crippen molar-refractivity contribution >= 4 is 34.4 Å². The topological polar surface area (TPSA) is 91.3 Å². The molecule has 0 saturated heterocycles. The van der Waals surface area contributed by atoms with Crippen LogP contribution in [0.4, 0.5) is 5.69 Å². The highest BCUT2D eigenvalue weighted by atomic mass is 16.3. The van der Waals surface area contributed by atoms with Crippen LogP contribution in [-0.4, -0.2) is 34.9 Å². The van der Waals surface area contributed by atoms with Crippen LogP contribution in [0.2, 0.25) is 0 Å². The molecule has 0 radical (unpaired) electrons. The van der Waals surface area contributed by atoms with E-state index in [9.17, 15) is 14.7 Å². The van der Waals surface area contributed by atoms with Gasteiger partial charge in [0.25, 0.3) is 5.91 Å². The molecule has 6 heteroatoms. The van der Waals surface area contributed by atoms with Gasteiger partial charge >= 0.3 is 0 Å². The second kappa shape index (κ2) is 10.3. The van der Waals surface area contributed by atoms with Gasteiger partial charge in [0.2, 0.25) is 0 Å². The van der Waals surface area contributed by atoms with E-state index in [-0.39, 0.29) is 23.0 Å². The van der Waals surface area contributed by atoms with Crippen molar-refractivity contribution in [2.75, 3.05) is 18.4 Å². The number of pyridine rings is 1. The molecular formula is C27H29N3O3. The molecule has 3 aromatic rings. The van der Waals surface area contributed by atoms with E-state index in [1.165, 1.54) is 48.8 Å². The zero-order valence-corrected chi connectivity index (χ0v) is 18.9. The number of carbonyl (C=O) groups is 2. The molecule has 0 spiro atoms. The Morgan fingerprint density at radius 3 is 2.58 bits per heavy atom. The van der Waals surface area contributed by atoms with E-state index in [2.05, 4.69) is 22.8 Å². The van der Waals surface area contributed by atoms with Gasteiger partial charge in [-0.25, -0.2) is 0 Å². The number of aryl methyl sites for hydroxylation is 1. The number of fused-ring (bicyclic) bond motifs is 2. The summed E-state index contributed by atoms with van der Waals surface area (Å²) in [5.74, 6) is -0.549. The Morgan fingerprint density at radius 1 is 1.03 bits per heavy atom. The number of nitrogens with zero attached hydrogens (tertiary/aromatic N) is 1. The number of aromatic hydroxyl groups is 1. The fraction of sp³-hybridized carbons (Fsp3) is 0.296. The van der Waals surface area contributed by atoms with Gasteiger partial charge in [0.05, 0.1) is 11.1 Å². The van der Waals surface area contributed by atoms with Crippen LogP contribution in [0.5, 0.6) is 5.75 Å². The number of benzene rings is 2. The first-order chi connectivity index (χ1) is 16.0. The number of Topliss-reactive ketones (excluding diaryl/α,β-unsaturated/α-hetero) is 1. The Labute approximate surface area is 193 Å². The van der Waals surface area contributed by atoms with Gasteiger partial charge in [-0.2, -0.15) is 0 Å². The van der Waals surface area contributed by atoms with Crippen molar-refractivity contribution < 1.29 is 14.7 Å². The predicted octanol–water partition coefficient (Wildman–Crippen LogP) is 4.41. The van der Waals surface area contributed by atoms with Gasteiger partial charge in [0.15, 0.2) is 5.78 Å². The van der Waals surface area contributed by atoms with Crippen LogP contribution in [0.3, 0.4) is 0 Å². The lowest BCUT2D eigenvalue weighted by Crippen LogP contribution is -2.29. The van der Waals surface area contributed by atoms with Crippen molar-refractivity contribution in [1.29, 1.82) is 0 Å². The second-order valence-electron chi connectivity index (χ2n) is 8.38. The molecule has 2 aromatic carbocycles. The Balaban J connectivity index is 1.37. The number of hydrogen-bond donors (Lipinski definition) is 3. The number of rotatable bonds is 8. The molecule has 1 heterocycles. The summed E-state index contributed by atoms with van der Waals surface area (Å²) in [5, 5.41) is 17.0. The number of carbonyl (C=O) groups excluding carboxylic acids is 2. The zero-order chi connectivity index (χ0) is 23.2. The third kappa shape index (κ3) is 5.40. The fourth-order valence-electron chi connectivity index (χ4n) is 4.24. The minimum Gasteiger partial charge on any atom is -0.508 e. The van der Waals surface area contributed by atoms with E-state index in [0.29, 0.717) is 18.7 Å². The Kier molecular flexibility index (Phi) is 7.03. The first-order valence-electron chi connectivity index (χ1n) is 11.5. The lowest BCUT2D eigenvalue weighted by Gasteiger charge is -2.21. The van der Waals surface area contributed by atoms with Crippen LogP contribution < -0.4 is 10.6 Å². The van der Waals surface area contributed by atoms with Crippen molar-refractivity contribution in [3.63, 3.8) is 0 Å². The smallest absolute Gasteiger partial charge is 0.254 e. The van der Waals surface area contributed by atoms with Gasteiger partial charge in [-0.15, -0.1) is 0 Å². The number of phenolic OH excluding ortho intramolecular Hbond substituents is 1. The van der Waals surface area contributed by atoms with Crippen molar-refractivity contribution in [2.45, 2.75) is 39.0 Å². The molecule has 0 fully saturated rings. The van der Waals surface area contributed by atoms with E-state index in [0.717, 1.165) is 30.2 Å². The minimum atomic E-state index is -0.387. The van der Waals surface area contributed by atoms with Crippen LogP contribution in [0.15, 0.2) is 54.1 Å². The number of hydrogen-bond acceptors (Lipinski definition) is 5. The first-order valence-corrected chi connectivity index (χ1v) is 11.5. The quantitative estimate of drug-likeness (QED) is 0.208. The summed E-state index contributed by atoms with van der Waals surface area (Å²) >= 11 is 0. The Bertz CT molecular complexity index is 1200. The number of amides is 1. The van der Waals surface area contributed by atoms with Gasteiger partial charge in [0, 0.05) is 29.9 Å². The monoisotopic (exact) mass is 443 g/mol. The summed E-state index contributed by atoms with van der Waals surface area (Å²) in [6, 6.07) is 14.6. The molecule has 1 aromatic heterocycles. The summed E-state index contributed by atoms with van der Waals surface area (Å²) in [6.07, 6.45) is 6.69.